The zero-order chi connectivity index (χ0) is 23.8. The van der Waals surface area contributed by atoms with Crippen LogP contribution in [0.1, 0.15) is 36.2 Å². The number of anilines is 1. The smallest absolute Gasteiger partial charge is 0.255 e. The average molecular weight is 455 g/mol. The van der Waals surface area contributed by atoms with E-state index in [1.165, 1.54) is 0 Å². The Morgan fingerprint density at radius 1 is 1.09 bits per heavy atom. The molecule has 1 aliphatic heterocycles. The van der Waals surface area contributed by atoms with Crippen LogP contribution in [-0.4, -0.2) is 68.6 Å². The molecule has 1 N–H and O–H groups in total. The van der Waals surface area contributed by atoms with Gasteiger partial charge in [0.2, 0.25) is 5.91 Å². The molecule has 0 bridgehead atoms. The topological polar surface area (TPSA) is 84.0 Å². The van der Waals surface area contributed by atoms with Gasteiger partial charge in [0, 0.05) is 44.8 Å². The van der Waals surface area contributed by atoms with Crippen molar-refractivity contribution in [3.05, 3.63) is 47.7 Å². The van der Waals surface area contributed by atoms with Crippen LogP contribution < -0.4 is 19.7 Å². The first-order valence-corrected chi connectivity index (χ1v) is 11.5. The summed E-state index contributed by atoms with van der Waals surface area (Å²) in [5.74, 6) is 2.09. The second-order valence-electron chi connectivity index (χ2n) is 8.19. The fourth-order valence-corrected chi connectivity index (χ4v) is 3.90. The number of benzene rings is 1. The van der Waals surface area contributed by atoms with Gasteiger partial charge in [-0.2, -0.15) is 0 Å². The van der Waals surface area contributed by atoms with E-state index in [4.69, 9.17) is 9.47 Å². The first-order chi connectivity index (χ1) is 16.0. The van der Waals surface area contributed by atoms with Gasteiger partial charge in [-0.1, -0.05) is 19.9 Å². The van der Waals surface area contributed by atoms with Gasteiger partial charge in [0.15, 0.2) is 11.5 Å². The van der Waals surface area contributed by atoms with E-state index < -0.39 is 0 Å². The predicted octanol–water partition coefficient (Wildman–Crippen LogP) is 2.77. The number of carbonyl (C=O) groups excluding carboxylic acids is 2. The number of ether oxygens (including phenoxy) is 2. The highest BCUT2D eigenvalue weighted by molar-refractivity contribution is 5.99. The maximum Gasteiger partial charge on any atom is 0.255 e. The molecule has 0 saturated carbocycles. The highest BCUT2D eigenvalue weighted by atomic mass is 16.5. The van der Waals surface area contributed by atoms with Crippen LogP contribution in [0.4, 0.5) is 5.82 Å². The molecule has 1 aliphatic rings. The monoisotopic (exact) mass is 454 g/mol. The standard InChI is InChI=1S/C25H34N4O4/c1-5-18(2)25(31)29-15-13-28(14-16-29)23-20(7-6-11-26-23)24(30)27-12-10-19-8-9-21(32-3)22(17-19)33-4/h6-9,11,17-18H,5,10,12-16H2,1-4H3,(H,27,30)/t18-/m0/s1. The summed E-state index contributed by atoms with van der Waals surface area (Å²) in [5.41, 5.74) is 1.59. The summed E-state index contributed by atoms with van der Waals surface area (Å²) in [5, 5.41) is 3.00. The minimum absolute atomic E-state index is 0.0402. The number of aromatic nitrogens is 1. The van der Waals surface area contributed by atoms with Crippen molar-refractivity contribution in [2.45, 2.75) is 26.7 Å². The van der Waals surface area contributed by atoms with E-state index in [-0.39, 0.29) is 17.7 Å². The number of methoxy groups -OCH3 is 2. The molecule has 8 heteroatoms. The van der Waals surface area contributed by atoms with Crippen molar-refractivity contribution < 1.29 is 19.1 Å². The third-order valence-electron chi connectivity index (χ3n) is 6.10. The number of rotatable bonds is 9. The highest BCUT2D eigenvalue weighted by Gasteiger charge is 2.26. The first-order valence-electron chi connectivity index (χ1n) is 11.5. The van der Waals surface area contributed by atoms with Gasteiger partial charge < -0.3 is 24.6 Å². The summed E-state index contributed by atoms with van der Waals surface area (Å²) < 4.78 is 10.6. The minimum Gasteiger partial charge on any atom is -0.493 e. The Bertz CT molecular complexity index is 957. The van der Waals surface area contributed by atoms with Crippen LogP contribution in [0, 0.1) is 5.92 Å². The lowest BCUT2D eigenvalue weighted by Crippen LogP contribution is -2.50. The SMILES string of the molecule is CC[C@H](C)C(=O)N1CCN(c2ncccc2C(=O)NCCc2ccc(OC)c(OC)c2)CC1. The molecule has 0 spiro atoms. The molecule has 1 atom stereocenters. The lowest BCUT2D eigenvalue weighted by atomic mass is 10.1. The van der Waals surface area contributed by atoms with Crippen molar-refractivity contribution in [2.75, 3.05) is 51.8 Å². The number of amides is 2. The van der Waals surface area contributed by atoms with Crippen LogP contribution in [-0.2, 0) is 11.2 Å². The number of carbonyl (C=O) groups is 2. The molecule has 3 rings (SSSR count). The van der Waals surface area contributed by atoms with Crippen LogP contribution in [0.5, 0.6) is 11.5 Å². The fourth-order valence-electron chi connectivity index (χ4n) is 3.90. The molecule has 1 saturated heterocycles. The summed E-state index contributed by atoms with van der Waals surface area (Å²) in [6, 6.07) is 9.31. The van der Waals surface area contributed by atoms with Crippen LogP contribution in [0.3, 0.4) is 0 Å². The Hall–Kier alpha value is -3.29. The van der Waals surface area contributed by atoms with Crippen molar-refractivity contribution in [1.29, 1.82) is 0 Å². The van der Waals surface area contributed by atoms with Crippen molar-refractivity contribution in [2.24, 2.45) is 5.92 Å². The first kappa shape index (κ1) is 24.4. The van der Waals surface area contributed by atoms with E-state index in [9.17, 15) is 9.59 Å². The van der Waals surface area contributed by atoms with Crippen LogP contribution in [0.15, 0.2) is 36.5 Å². The van der Waals surface area contributed by atoms with Gasteiger partial charge in [-0.25, -0.2) is 4.98 Å². The molecule has 2 aromatic rings. The molecule has 1 fully saturated rings. The van der Waals surface area contributed by atoms with Crippen LogP contribution >= 0.6 is 0 Å². The molecule has 33 heavy (non-hydrogen) atoms. The normalized spacial score (nSPS) is 14.5. The quantitative estimate of drug-likeness (QED) is 0.627. The van der Waals surface area contributed by atoms with Crippen molar-refractivity contribution >= 4 is 17.6 Å². The molecule has 0 radical (unpaired) electrons. The number of hydrogen-bond acceptors (Lipinski definition) is 6. The van der Waals surface area contributed by atoms with Crippen molar-refractivity contribution in [1.82, 2.24) is 15.2 Å². The van der Waals surface area contributed by atoms with Gasteiger partial charge in [0.1, 0.15) is 5.82 Å². The van der Waals surface area contributed by atoms with Crippen molar-refractivity contribution in [3.8, 4) is 11.5 Å². The summed E-state index contributed by atoms with van der Waals surface area (Å²) in [4.78, 5) is 33.9. The fraction of sp³-hybridized carbons (Fsp3) is 0.480. The van der Waals surface area contributed by atoms with E-state index in [1.54, 1.807) is 32.5 Å². The van der Waals surface area contributed by atoms with E-state index in [1.807, 2.05) is 36.9 Å². The Morgan fingerprint density at radius 3 is 2.48 bits per heavy atom. The van der Waals surface area contributed by atoms with E-state index in [0.717, 1.165) is 12.0 Å². The Labute approximate surface area is 195 Å². The maximum absolute atomic E-state index is 12.9. The molecule has 2 heterocycles. The van der Waals surface area contributed by atoms with Gasteiger partial charge in [-0.15, -0.1) is 0 Å². The molecule has 0 aliphatic carbocycles. The molecule has 178 valence electrons. The average Bonchev–Trinajstić information content (AvgIpc) is 2.87. The van der Waals surface area contributed by atoms with Gasteiger partial charge in [-0.05, 0) is 42.7 Å². The van der Waals surface area contributed by atoms with E-state index >= 15 is 0 Å². The summed E-state index contributed by atoms with van der Waals surface area (Å²) >= 11 is 0. The molecule has 0 unspecified atom stereocenters. The number of nitrogens with zero attached hydrogens (tertiary/aromatic N) is 3. The Balaban J connectivity index is 1.59. The largest absolute Gasteiger partial charge is 0.493 e. The Morgan fingerprint density at radius 2 is 1.82 bits per heavy atom. The third-order valence-corrected chi connectivity index (χ3v) is 6.10. The van der Waals surface area contributed by atoms with E-state index in [0.29, 0.717) is 62.0 Å². The van der Waals surface area contributed by atoms with Gasteiger partial charge in [0.05, 0.1) is 19.8 Å². The highest BCUT2D eigenvalue weighted by Crippen LogP contribution is 2.27. The molecular weight excluding hydrogens is 420 g/mol. The summed E-state index contributed by atoms with van der Waals surface area (Å²) in [7, 11) is 3.21. The summed E-state index contributed by atoms with van der Waals surface area (Å²) in [6.45, 7) is 7.08. The van der Waals surface area contributed by atoms with E-state index in [2.05, 4.69) is 15.2 Å². The predicted molar refractivity (Wildman–Crippen MR) is 128 cm³/mol. The summed E-state index contributed by atoms with van der Waals surface area (Å²) in [6.07, 6.45) is 3.21. The maximum atomic E-state index is 12.9. The molecule has 8 nitrogen and oxygen atoms in total. The lowest BCUT2D eigenvalue weighted by molar-refractivity contribution is -0.135. The zero-order valence-corrected chi connectivity index (χ0v) is 20.0. The number of piperazine rings is 1. The third kappa shape index (κ3) is 5.94. The number of hydrogen-bond donors (Lipinski definition) is 1. The number of pyridine rings is 1. The Kier molecular flexibility index (Phi) is 8.52. The van der Waals surface area contributed by atoms with Gasteiger partial charge in [-0.3, -0.25) is 9.59 Å². The molecular formula is C25H34N4O4. The second-order valence-corrected chi connectivity index (χ2v) is 8.19. The van der Waals surface area contributed by atoms with Gasteiger partial charge in [0.25, 0.3) is 5.91 Å². The van der Waals surface area contributed by atoms with Gasteiger partial charge >= 0.3 is 0 Å². The zero-order valence-electron chi connectivity index (χ0n) is 20.0. The van der Waals surface area contributed by atoms with Crippen LogP contribution in [0.2, 0.25) is 0 Å². The minimum atomic E-state index is -0.156. The molecule has 1 aromatic heterocycles. The second kappa shape index (κ2) is 11.5. The molecule has 1 aromatic carbocycles. The lowest BCUT2D eigenvalue weighted by Gasteiger charge is -2.37. The van der Waals surface area contributed by atoms with Crippen molar-refractivity contribution in [3.63, 3.8) is 0 Å². The molecule has 2 amide bonds. The van der Waals surface area contributed by atoms with Crippen LogP contribution in [0.25, 0.3) is 0 Å². The number of nitrogens with one attached hydrogen (secondary N) is 1.